The van der Waals surface area contributed by atoms with E-state index < -0.39 is 5.56 Å². The second kappa shape index (κ2) is 7.13. The molecule has 2 N–H and O–H groups in total. The number of nitrogens with two attached hydrogens (primary N) is 1. The molecular formula is C20H13BrN4O2. The molecule has 0 amide bonds. The van der Waals surface area contributed by atoms with Crippen LogP contribution in [0.25, 0.3) is 33.6 Å². The van der Waals surface area contributed by atoms with Crippen molar-refractivity contribution >= 4 is 21.9 Å². The lowest BCUT2D eigenvalue weighted by Gasteiger charge is -2.15. The molecule has 0 aliphatic carbocycles. The van der Waals surface area contributed by atoms with Crippen molar-refractivity contribution in [3.8, 4) is 33.6 Å². The Morgan fingerprint density at radius 1 is 0.889 bits per heavy atom. The summed E-state index contributed by atoms with van der Waals surface area (Å²) in [7, 11) is 0. The highest BCUT2D eigenvalue weighted by atomic mass is 79.9. The predicted molar refractivity (Wildman–Crippen MR) is 107 cm³/mol. The van der Waals surface area contributed by atoms with Gasteiger partial charge in [-0.25, -0.2) is 0 Å². The van der Waals surface area contributed by atoms with Crippen molar-refractivity contribution in [1.29, 1.82) is 0 Å². The van der Waals surface area contributed by atoms with Crippen LogP contribution in [0.3, 0.4) is 0 Å². The zero-order chi connectivity index (χ0) is 18.8. The topological polar surface area (TPSA) is 94.9 Å². The van der Waals surface area contributed by atoms with Crippen LogP contribution in [0.15, 0.2) is 80.9 Å². The number of pyridine rings is 2. The molecule has 3 heterocycles. The van der Waals surface area contributed by atoms with Gasteiger partial charge in [-0.2, -0.15) is 4.98 Å². The van der Waals surface area contributed by atoms with Crippen LogP contribution >= 0.6 is 15.9 Å². The average molecular weight is 421 g/mol. The van der Waals surface area contributed by atoms with E-state index in [4.69, 9.17) is 10.2 Å². The third-order valence-electron chi connectivity index (χ3n) is 4.04. The number of anilines is 1. The highest BCUT2D eigenvalue weighted by Gasteiger charge is 2.20. The lowest BCUT2D eigenvalue weighted by molar-refractivity contribution is 0.560. The molecule has 0 saturated carbocycles. The third-order valence-corrected chi connectivity index (χ3v) is 4.74. The summed E-state index contributed by atoms with van der Waals surface area (Å²) in [4.78, 5) is 24.2. The average Bonchev–Trinajstić information content (AvgIpc) is 2.71. The minimum absolute atomic E-state index is 0.192. The van der Waals surface area contributed by atoms with E-state index in [2.05, 4.69) is 30.9 Å². The molecule has 0 bridgehead atoms. The molecule has 0 radical (unpaired) electrons. The molecule has 3 aromatic heterocycles. The Balaban J connectivity index is 2.09. The van der Waals surface area contributed by atoms with Gasteiger partial charge in [0.2, 0.25) is 0 Å². The lowest BCUT2D eigenvalue weighted by Crippen LogP contribution is -2.10. The summed E-state index contributed by atoms with van der Waals surface area (Å²) < 4.78 is 5.82. The molecule has 0 spiro atoms. The maximum absolute atomic E-state index is 12.1. The standard InChI is InChI=1S/C20H13BrN4O2/c21-17-18(27-20(22)25-19(17)26)15-7-1-6-14(12-4-2-8-23-10-12)16(15)13-5-3-9-24-11-13/h1-11H,(H2,22,25,26). The number of nitrogen functional groups attached to an aromatic ring is 1. The first-order chi connectivity index (χ1) is 13.1. The summed E-state index contributed by atoms with van der Waals surface area (Å²) in [6.45, 7) is 0. The molecule has 0 aliphatic rings. The van der Waals surface area contributed by atoms with E-state index in [9.17, 15) is 4.79 Å². The molecule has 6 nitrogen and oxygen atoms in total. The van der Waals surface area contributed by atoms with E-state index in [1.165, 1.54) is 0 Å². The molecule has 4 rings (SSSR count). The normalized spacial score (nSPS) is 10.7. The van der Waals surface area contributed by atoms with Crippen LogP contribution in [-0.2, 0) is 0 Å². The fourth-order valence-electron chi connectivity index (χ4n) is 2.92. The van der Waals surface area contributed by atoms with Crippen molar-refractivity contribution in [3.63, 3.8) is 0 Å². The van der Waals surface area contributed by atoms with Crippen molar-refractivity contribution in [2.45, 2.75) is 0 Å². The number of hydrogen-bond acceptors (Lipinski definition) is 6. The van der Waals surface area contributed by atoms with Gasteiger partial charge in [0.25, 0.3) is 11.6 Å². The first-order valence-electron chi connectivity index (χ1n) is 8.05. The summed E-state index contributed by atoms with van der Waals surface area (Å²) in [5.41, 5.74) is 9.48. The van der Waals surface area contributed by atoms with Gasteiger partial charge in [-0.05, 0) is 33.6 Å². The van der Waals surface area contributed by atoms with Gasteiger partial charge in [-0.3, -0.25) is 14.8 Å². The monoisotopic (exact) mass is 420 g/mol. The van der Waals surface area contributed by atoms with E-state index >= 15 is 0 Å². The SMILES string of the molecule is Nc1nc(=O)c(Br)c(-c2cccc(-c3cccnc3)c2-c2cccnc2)o1. The molecule has 1 aromatic carbocycles. The molecular weight excluding hydrogens is 408 g/mol. The fourth-order valence-corrected chi connectivity index (χ4v) is 3.30. The van der Waals surface area contributed by atoms with Crippen molar-refractivity contribution in [3.05, 3.63) is 82.1 Å². The van der Waals surface area contributed by atoms with Gasteiger partial charge >= 0.3 is 0 Å². The first kappa shape index (κ1) is 17.1. The Hall–Kier alpha value is -3.32. The number of nitrogens with zero attached hydrogens (tertiary/aromatic N) is 3. The zero-order valence-corrected chi connectivity index (χ0v) is 15.6. The fraction of sp³-hybridized carbons (Fsp3) is 0. The molecule has 4 aromatic rings. The van der Waals surface area contributed by atoms with Gasteiger partial charge in [0.1, 0.15) is 4.47 Å². The van der Waals surface area contributed by atoms with Crippen LogP contribution in [0.2, 0.25) is 0 Å². The molecule has 27 heavy (non-hydrogen) atoms. The second-order valence-corrected chi connectivity index (χ2v) is 6.50. The van der Waals surface area contributed by atoms with Crippen molar-refractivity contribution in [1.82, 2.24) is 15.0 Å². The molecule has 0 aliphatic heterocycles. The van der Waals surface area contributed by atoms with Crippen molar-refractivity contribution in [2.24, 2.45) is 0 Å². The summed E-state index contributed by atoms with van der Waals surface area (Å²) in [5, 5.41) is 0. The number of aromatic nitrogens is 3. The van der Waals surface area contributed by atoms with Gasteiger partial charge in [0, 0.05) is 47.0 Å². The Kier molecular flexibility index (Phi) is 4.52. The van der Waals surface area contributed by atoms with E-state index in [1.54, 1.807) is 24.8 Å². The van der Waals surface area contributed by atoms with Gasteiger partial charge in [0.15, 0.2) is 5.76 Å². The van der Waals surface area contributed by atoms with E-state index in [1.807, 2.05) is 42.5 Å². The van der Waals surface area contributed by atoms with Crippen molar-refractivity contribution < 1.29 is 4.42 Å². The third kappa shape index (κ3) is 3.24. The highest BCUT2D eigenvalue weighted by Crippen LogP contribution is 2.41. The van der Waals surface area contributed by atoms with Gasteiger partial charge < -0.3 is 10.2 Å². The molecule has 0 saturated heterocycles. The van der Waals surface area contributed by atoms with E-state index in [0.29, 0.717) is 11.3 Å². The molecule has 0 fully saturated rings. The Morgan fingerprint density at radius 2 is 1.56 bits per heavy atom. The minimum atomic E-state index is -0.488. The number of benzene rings is 1. The maximum atomic E-state index is 12.1. The Bertz CT molecular complexity index is 1160. The summed E-state index contributed by atoms with van der Waals surface area (Å²) in [5.74, 6) is 0.317. The van der Waals surface area contributed by atoms with E-state index in [0.717, 1.165) is 22.3 Å². The summed E-state index contributed by atoms with van der Waals surface area (Å²) in [6.07, 6.45) is 6.97. The Labute approximate surface area is 162 Å². The molecule has 0 unspecified atom stereocenters. The van der Waals surface area contributed by atoms with Crippen LogP contribution < -0.4 is 11.3 Å². The van der Waals surface area contributed by atoms with Gasteiger partial charge in [-0.1, -0.05) is 30.3 Å². The lowest BCUT2D eigenvalue weighted by atomic mass is 9.91. The van der Waals surface area contributed by atoms with Gasteiger partial charge in [0.05, 0.1) is 0 Å². The van der Waals surface area contributed by atoms with Crippen LogP contribution in [0.5, 0.6) is 0 Å². The zero-order valence-electron chi connectivity index (χ0n) is 14.0. The first-order valence-corrected chi connectivity index (χ1v) is 8.85. The molecule has 0 atom stereocenters. The summed E-state index contributed by atoms with van der Waals surface area (Å²) >= 11 is 3.29. The summed E-state index contributed by atoms with van der Waals surface area (Å²) in [6, 6.07) is 13.2. The predicted octanol–water partition coefficient (Wildman–Crippen LogP) is 4.17. The maximum Gasteiger partial charge on any atom is 0.295 e. The van der Waals surface area contributed by atoms with Crippen molar-refractivity contribution in [2.75, 3.05) is 5.73 Å². The minimum Gasteiger partial charge on any atom is -0.424 e. The van der Waals surface area contributed by atoms with Crippen LogP contribution in [-0.4, -0.2) is 15.0 Å². The molecule has 132 valence electrons. The van der Waals surface area contributed by atoms with Crippen LogP contribution in [0.4, 0.5) is 6.01 Å². The van der Waals surface area contributed by atoms with Gasteiger partial charge in [-0.15, -0.1) is 0 Å². The highest BCUT2D eigenvalue weighted by molar-refractivity contribution is 9.10. The smallest absolute Gasteiger partial charge is 0.295 e. The molecule has 7 heteroatoms. The Morgan fingerprint density at radius 3 is 2.22 bits per heavy atom. The van der Waals surface area contributed by atoms with Crippen LogP contribution in [0.1, 0.15) is 0 Å². The van der Waals surface area contributed by atoms with Crippen LogP contribution in [0, 0.1) is 0 Å². The van der Waals surface area contributed by atoms with E-state index in [-0.39, 0.29) is 10.5 Å². The number of halogens is 1. The largest absolute Gasteiger partial charge is 0.424 e. The number of rotatable bonds is 3. The second-order valence-electron chi connectivity index (χ2n) is 5.71. The number of hydrogen-bond donors (Lipinski definition) is 1. The quantitative estimate of drug-likeness (QED) is 0.534.